The molecule has 0 fully saturated rings. The highest BCUT2D eigenvalue weighted by Gasteiger charge is 2.08. The molecule has 0 aliphatic heterocycles. The maximum atomic E-state index is 9.51. The highest BCUT2D eigenvalue weighted by Crippen LogP contribution is 2.30. The number of ether oxygens (including phenoxy) is 2. The minimum Gasteiger partial charge on any atom is -0.497 e. The van der Waals surface area contributed by atoms with E-state index in [1.165, 1.54) is 0 Å². The van der Waals surface area contributed by atoms with Crippen LogP contribution in [0.5, 0.6) is 17.2 Å². The second-order valence-corrected chi connectivity index (χ2v) is 4.55. The predicted molar refractivity (Wildman–Crippen MR) is 75.2 cm³/mol. The van der Waals surface area contributed by atoms with Gasteiger partial charge in [-0.25, -0.2) is 0 Å². The molecule has 2 aromatic rings. The van der Waals surface area contributed by atoms with Gasteiger partial charge in [-0.3, -0.25) is 0 Å². The van der Waals surface area contributed by atoms with Crippen LogP contribution in [-0.4, -0.2) is 12.2 Å². The van der Waals surface area contributed by atoms with Gasteiger partial charge in [0.2, 0.25) is 0 Å². The van der Waals surface area contributed by atoms with E-state index in [1.807, 2.05) is 18.2 Å². The maximum Gasteiger partial charge on any atom is 0.131 e. The fraction of sp³-hybridized carbons (Fsp3) is 0.200. The first-order valence-electron chi connectivity index (χ1n) is 5.89. The molecular formula is C15H15ClO3. The van der Waals surface area contributed by atoms with Crippen LogP contribution in [0.25, 0.3) is 0 Å². The quantitative estimate of drug-likeness (QED) is 0.911. The summed E-state index contributed by atoms with van der Waals surface area (Å²) >= 11 is 6.08. The Balaban J connectivity index is 2.21. The third-order valence-electron chi connectivity index (χ3n) is 2.70. The Bertz CT molecular complexity index is 567. The van der Waals surface area contributed by atoms with Gasteiger partial charge >= 0.3 is 0 Å². The molecule has 1 unspecified atom stereocenters. The van der Waals surface area contributed by atoms with E-state index in [2.05, 4.69) is 0 Å². The Hall–Kier alpha value is -1.71. The van der Waals surface area contributed by atoms with E-state index in [9.17, 15) is 5.11 Å². The molecule has 0 bridgehead atoms. The third-order valence-corrected chi connectivity index (χ3v) is 3.03. The van der Waals surface area contributed by atoms with Crippen molar-refractivity contribution in [3.8, 4) is 17.2 Å². The standard InChI is InChI=1S/C15H15ClO3/c1-10(17)14-7-6-13(9-15(14)16)19-12-5-3-4-11(8-12)18-2/h3-10,17H,1-2H3. The fourth-order valence-electron chi connectivity index (χ4n) is 1.71. The van der Waals surface area contributed by atoms with Gasteiger partial charge in [-0.05, 0) is 36.8 Å². The summed E-state index contributed by atoms with van der Waals surface area (Å²) in [6.45, 7) is 1.67. The molecular weight excluding hydrogens is 264 g/mol. The Morgan fingerprint density at radius 2 is 1.74 bits per heavy atom. The van der Waals surface area contributed by atoms with Gasteiger partial charge in [0.05, 0.1) is 18.2 Å². The highest BCUT2D eigenvalue weighted by molar-refractivity contribution is 6.31. The summed E-state index contributed by atoms with van der Waals surface area (Å²) in [5.74, 6) is 2.01. The molecule has 3 nitrogen and oxygen atoms in total. The summed E-state index contributed by atoms with van der Waals surface area (Å²) in [5, 5.41) is 9.99. The average Bonchev–Trinajstić information content (AvgIpc) is 2.38. The Labute approximate surface area is 117 Å². The van der Waals surface area contributed by atoms with Crippen molar-refractivity contribution in [1.29, 1.82) is 0 Å². The van der Waals surface area contributed by atoms with Crippen LogP contribution in [0.4, 0.5) is 0 Å². The Morgan fingerprint density at radius 1 is 1.05 bits per heavy atom. The number of rotatable bonds is 4. The zero-order valence-corrected chi connectivity index (χ0v) is 11.5. The summed E-state index contributed by atoms with van der Waals surface area (Å²) < 4.78 is 10.8. The molecule has 0 saturated carbocycles. The molecule has 1 atom stereocenters. The van der Waals surface area contributed by atoms with Crippen molar-refractivity contribution in [2.24, 2.45) is 0 Å². The highest BCUT2D eigenvalue weighted by atomic mass is 35.5. The molecule has 0 saturated heterocycles. The van der Waals surface area contributed by atoms with Gasteiger partial charge in [-0.2, -0.15) is 0 Å². The Kier molecular flexibility index (Phi) is 4.30. The molecule has 0 spiro atoms. The minimum atomic E-state index is -0.599. The molecule has 19 heavy (non-hydrogen) atoms. The van der Waals surface area contributed by atoms with Crippen molar-refractivity contribution in [2.75, 3.05) is 7.11 Å². The molecule has 0 aromatic heterocycles. The molecule has 0 amide bonds. The van der Waals surface area contributed by atoms with Gasteiger partial charge in [-0.1, -0.05) is 23.7 Å². The van der Waals surface area contributed by atoms with Crippen LogP contribution in [0.2, 0.25) is 5.02 Å². The van der Waals surface area contributed by atoms with Gasteiger partial charge in [0, 0.05) is 6.07 Å². The molecule has 1 N–H and O–H groups in total. The van der Waals surface area contributed by atoms with E-state index in [1.54, 1.807) is 38.3 Å². The number of hydrogen-bond donors (Lipinski definition) is 1. The van der Waals surface area contributed by atoms with Crippen LogP contribution in [0.1, 0.15) is 18.6 Å². The first-order chi connectivity index (χ1) is 9.10. The first kappa shape index (κ1) is 13.7. The van der Waals surface area contributed by atoms with Crippen LogP contribution in [0.3, 0.4) is 0 Å². The lowest BCUT2D eigenvalue weighted by Gasteiger charge is -2.11. The van der Waals surface area contributed by atoms with Crippen molar-refractivity contribution in [3.05, 3.63) is 53.1 Å². The predicted octanol–water partition coefficient (Wildman–Crippen LogP) is 4.19. The lowest BCUT2D eigenvalue weighted by molar-refractivity contribution is 0.199. The zero-order valence-electron chi connectivity index (χ0n) is 10.8. The molecule has 0 heterocycles. The second-order valence-electron chi connectivity index (χ2n) is 4.14. The van der Waals surface area contributed by atoms with Crippen LogP contribution in [-0.2, 0) is 0 Å². The summed E-state index contributed by atoms with van der Waals surface area (Å²) in [5.41, 5.74) is 0.680. The molecule has 0 aliphatic rings. The van der Waals surface area contributed by atoms with Crippen molar-refractivity contribution >= 4 is 11.6 Å². The van der Waals surface area contributed by atoms with E-state index < -0.39 is 6.10 Å². The minimum absolute atomic E-state index is 0.482. The maximum absolute atomic E-state index is 9.51. The summed E-state index contributed by atoms with van der Waals surface area (Å²) in [6, 6.07) is 12.5. The van der Waals surface area contributed by atoms with Gasteiger partial charge in [-0.15, -0.1) is 0 Å². The molecule has 0 radical (unpaired) electrons. The van der Waals surface area contributed by atoms with Gasteiger partial charge in [0.25, 0.3) is 0 Å². The van der Waals surface area contributed by atoms with E-state index in [4.69, 9.17) is 21.1 Å². The zero-order chi connectivity index (χ0) is 13.8. The number of benzene rings is 2. The molecule has 0 aliphatic carbocycles. The van der Waals surface area contributed by atoms with Crippen molar-refractivity contribution in [3.63, 3.8) is 0 Å². The number of halogens is 1. The van der Waals surface area contributed by atoms with Crippen LogP contribution < -0.4 is 9.47 Å². The van der Waals surface area contributed by atoms with Crippen molar-refractivity contribution in [2.45, 2.75) is 13.0 Å². The lowest BCUT2D eigenvalue weighted by Crippen LogP contribution is -1.93. The largest absolute Gasteiger partial charge is 0.497 e. The average molecular weight is 279 g/mol. The molecule has 2 aromatic carbocycles. The number of methoxy groups -OCH3 is 1. The van der Waals surface area contributed by atoms with Gasteiger partial charge < -0.3 is 14.6 Å². The molecule has 100 valence electrons. The second kappa shape index (κ2) is 5.95. The Morgan fingerprint density at radius 3 is 2.37 bits per heavy atom. The normalized spacial score (nSPS) is 12.0. The SMILES string of the molecule is COc1cccc(Oc2ccc(C(C)O)c(Cl)c2)c1. The van der Waals surface area contributed by atoms with Gasteiger partial charge in [0.1, 0.15) is 17.2 Å². The smallest absolute Gasteiger partial charge is 0.131 e. The molecule has 2 rings (SSSR count). The summed E-state index contributed by atoms with van der Waals surface area (Å²) in [7, 11) is 1.60. The van der Waals surface area contributed by atoms with Crippen LogP contribution in [0, 0.1) is 0 Å². The van der Waals surface area contributed by atoms with E-state index in [-0.39, 0.29) is 0 Å². The van der Waals surface area contributed by atoms with Gasteiger partial charge in [0.15, 0.2) is 0 Å². The number of hydrogen-bond acceptors (Lipinski definition) is 3. The van der Waals surface area contributed by atoms with E-state index in [0.29, 0.717) is 22.1 Å². The van der Waals surface area contributed by atoms with Crippen molar-refractivity contribution < 1.29 is 14.6 Å². The van der Waals surface area contributed by atoms with Crippen LogP contribution >= 0.6 is 11.6 Å². The first-order valence-corrected chi connectivity index (χ1v) is 6.27. The third kappa shape index (κ3) is 3.40. The number of aliphatic hydroxyl groups is 1. The van der Waals surface area contributed by atoms with Crippen molar-refractivity contribution in [1.82, 2.24) is 0 Å². The summed E-state index contributed by atoms with van der Waals surface area (Å²) in [4.78, 5) is 0. The molecule has 4 heteroatoms. The van der Waals surface area contributed by atoms with E-state index in [0.717, 1.165) is 5.75 Å². The summed E-state index contributed by atoms with van der Waals surface area (Å²) in [6.07, 6.45) is -0.599. The topological polar surface area (TPSA) is 38.7 Å². The van der Waals surface area contributed by atoms with Crippen LogP contribution in [0.15, 0.2) is 42.5 Å². The fourth-order valence-corrected chi connectivity index (χ4v) is 2.04. The number of aliphatic hydroxyl groups excluding tert-OH is 1. The monoisotopic (exact) mass is 278 g/mol. The van der Waals surface area contributed by atoms with E-state index >= 15 is 0 Å². The lowest BCUT2D eigenvalue weighted by atomic mass is 10.1.